The average Bonchev–Trinajstić information content (AvgIpc) is 2.68. The second kappa shape index (κ2) is 10.8. The van der Waals surface area contributed by atoms with Crippen LogP contribution in [0.4, 0.5) is 0 Å². The summed E-state index contributed by atoms with van der Waals surface area (Å²) in [5.41, 5.74) is 0.282. The lowest BCUT2D eigenvalue weighted by Crippen LogP contribution is -2.40. The molecule has 0 aliphatic carbocycles. The minimum atomic E-state index is -3.96. The number of halogens is 1. The summed E-state index contributed by atoms with van der Waals surface area (Å²) < 4.78 is 38.1. The lowest BCUT2D eigenvalue weighted by Gasteiger charge is -2.21. The highest BCUT2D eigenvalue weighted by atomic mass is 35.5. The van der Waals surface area contributed by atoms with Gasteiger partial charge in [0, 0.05) is 5.54 Å². The lowest BCUT2D eigenvalue weighted by molar-refractivity contribution is -0.124. The quantitative estimate of drug-likeness (QED) is 0.419. The fourth-order valence-electron chi connectivity index (χ4n) is 2.62. The first-order valence-electron chi connectivity index (χ1n) is 9.84. The lowest BCUT2D eigenvalue weighted by atomic mass is 10.1. The van der Waals surface area contributed by atoms with Crippen molar-refractivity contribution < 1.29 is 27.5 Å². The molecule has 8 nitrogen and oxygen atoms in total. The van der Waals surface area contributed by atoms with E-state index in [2.05, 4.69) is 10.0 Å². The van der Waals surface area contributed by atoms with Crippen LogP contribution in [0.3, 0.4) is 0 Å². The molecule has 2 aromatic carbocycles. The summed E-state index contributed by atoms with van der Waals surface area (Å²) in [6, 6.07) is 11.2. The summed E-state index contributed by atoms with van der Waals surface area (Å²) in [5, 5.41) is 2.54. The number of hydrogen-bond donors (Lipinski definition) is 2. The number of carbonyl (C=O) groups excluding carboxylic acids is 2. The van der Waals surface area contributed by atoms with Crippen LogP contribution in [0.5, 0.6) is 5.75 Å². The molecule has 10 heteroatoms. The molecule has 0 aliphatic rings. The topological polar surface area (TPSA) is 111 Å². The van der Waals surface area contributed by atoms with Gasteiger partial charge in [-0.3, -0.25) is 4.79 Å². The number of hydrogen-bond acceptors (Lipinski definition) is 6. The molecule has 0 aromatic heterocycles. The van der Waals surface area contributed by atoms with Crippen LogP contribution in [0.2, 0.25) is 5.02 Å². The van der Waals surface area contributed by atoms with E-state index >= 15 is 0 Å². The molecule has 0 aliphatic heterocycles. The molecule has 0 spiro atoms. The normalized spacial score (nSPS) is 11.7. The molecule has 174 valence electrons. The first-order valence-corrected chi connectivity index (χ1v) is 11.7. The average molecular weight is 483 g/mol. The highest BCUT2D eigenvalue weighted by molar-refractivity contribution is 7.89. The second-order valence-electron chi connectivity index (χ2n) is 8.09. The summed E-state index contributed by atoms with van der Waals surface area (Å²) in [6.45, 7) is 6.95. The number of amides is 1. The molecule has 0 radical (unpaired) electrons. The van der Waals surface area contributed by atoms with E-state index in [1.807, 2.05) is 31.2 Å². The fourth-order valence-corrected chi connectivity index (χ4v) is 4.57. The van der Waals surface area contributed by atoms with Gasteiger partial charge in [-0.2, -0.15) is 0 Å². The zero-order valence-electron chi connectivity index (χ0n) is 18.4. The predicted molar refractivity (Wildman–Crippen MR) is 121 cm³/mol. The van der Waals surface area contributed by atoms with Crippen molar-refractivity contribution in [3.63, 3.8) is 0 Å². The van der Waals surface area contributed by atoms with Crippen molar-refractivity contribution in [1.82, 2.24) is 10.0 Å². The largest absolute Gasteiger partial charge is 0.492 e. The number of aryl methyl sites for hydroxylation is 1. The van der Waals surface area contributed by atoms with Gasteiger partial charge in [0.1, 0.15) is 17.3 Å². The van der Waals surface area contributed by atoms with Crippen LogP contribution in [-0.2, 0) is 19.6 Å². The summed E-state index contributed by atoms with van der Waals surface area (Å²) in [7, 11) is -3.96. The first kappa shape index (κ1) is 25.6. The van der Waals surface area contributed by atoms with Gasteiger partial charge < -0.3 is 14.8 Å². The third-order valence-corrected chi connectivity index (χ3v) is 6.15. The Bertz CT molecular complexity index is 1080. The molecular formula is C22H27ClN2O6S. The molecule has 0 saturated heterocycles. The molecule has 2 rings (SSSR count). The number of nitrogens with one attached hydrogen (secondary N) is 2. The monoisotopic (exact) mass is 482 g/mol. The Balaban J connectivity index is 1.87. The third-order valence-electron chi connectivity index (χ3n) is 3.91. The van der Waals surface area contributed by atoms with Gasteiger partial charge in [0.2, 0.25) is 10.0 Å². The molecule has 0 fully saturated rings. The minimum absolute atomic E-state index is 0.0374. The Morgan fingerprint density at radius 1 is 1.09 bits per heavy atom. The van der Waals surface area contributed by atoms with Crippen LogP contribution in [0.25, 0.3) is 0 Å². The molecular weight excluding hydrogens is 456 g/mol. The first-order chi connectivity index (χ1) is 14.9. The molecule has 2 N–H and O–H groups in total. The number of sulfonamides is 1. The maximum atomic E-state index is 12.6. The van der Waals surface area contributed by atoms with E-state index in [1.165, 1.54) is 12.1 Å². The van der Waals surface area contributed by atoms with Gasteiger partial charge in [-0.25, -0.2) is 17.9 Å². The number of benzene rings is 2. The van der Waals surface area contributed by atoms with Crippen LogP contribution in [0, 0.1) is 6.92 Å². The molecule has 0 saturated carbocycles. The molecule has 0 unspecified atom stereocenters. The Morgan fingerprint density at radius 3 is 2.47 bits per heavy atom. The van der Waals surface area contributed by atoms with Gasteiger partial charge in [-0.05, 0) is 63.6 Å². The Hall–Kier alpha value is -2.62. The van der Waals surface area contributed by atoms with Gasteiger partial charge >= 0.3 is 5.97 Å². The standard InChI is InChI=1S/C22H27ClN2O6S/c1-15-6-5-7-17(12-15)30-11-10-24-20(26)14-31-21(27)16-8-9-18(23)19(13-16)32(28,29)25-22(2,3)4/h5-9,12-13,25H,10-11,14H2,1-4H3,(H,24,26). The van der Waals surface area contributed by atoms with Gasteiger partial charge in [-0.1, -0.05) is 23.7 Å². The minimum Gasteiger partial charge on any atom is -0.492 e. The van der Waals surface area contributed by atoms with Gasteiger partial charge in [0.25, 0.3) is 5.91 Å². The SMILES string of the molecule is Cc1cccc(OCCNC(=O)COC(=O)c2ccc(Cl)c(S(=O)(=O)NC(C)(C)C)c2)c1. The molecule has 0 bridgehead atoms. The van der Waals surface area contributed by atoms with E-state index < -0.39 is 34.0 Å². The molecule has 2 aromatic rings. The summed E-state index contributed by atoms with van der Waals surface area (Å²) >= 11 is 6.02. The number of carbonyl (C=O) groups is 2. The maximum absolute atomic E-state index is 12.6. The number of ether oxygens (including phenoxy) is 2. The highest BCUT2D eigenvalue weighted by Gasteiger charge is 2.25. The molecule has 1 amide bonds. The van der Waals surface area contributed by atoms with Crippen LogP contribution >= 0.6 is 11.6 Å². The van der Waals surface area contributed by atoms with Gasteiger partial charge in [0.15, 0.2) is 6.61 Å². The molecule has 32 heavy (non-hydrogen) atoms. The number of esters is 1. The van der Waals surface area contributed by atoms with Crippen LogP contribution in [0.1, 0.15) is 36.7 Å². The second-order valence-corrected chi connectivity index (χ2v) is 10.1. The number of rotatable bonds is 9. The van der Waals surface area contributed by atoms with E-state index in [4.69, 9.17) is 21.1 Å². The van der Waals surface area contributed by atoms with E-state index in [0.717, 1.165) is 11.6 Å². The van der Waals surface area contributed by atoms with Crippen molar-refractivity contribution >= 4 is 33.5 Å². The highest BCUT2D eigenvalue weighted by Crippen LogP contribution is 2.24. The molecule has 0 heterocycles. The van der Waals surface area contributed by atoms with Crippen LogP contribution in [-0.4, -0.2) is 45.6 Å². The van der Waals surface area contributed by atoms with E-state index in [9.17, 15) is 18.0 Å². The Kier molecular flexibility index (Phi) is 8.65. The summed E-state index contributed by atoms with van der Waals surface area (Å²) in [4.78, 5) is 23.9. The van der Waals surface area contributed by atoms with Crippen molar-refractivity contribution in [2.24, 2.45) is 0 Å². The Morgan fingerprint density at radius 2 is 1.81 bits per heavy atom. The smallest absolute Gasteiger partial charge is 0.338 e. The van der Waals surface area contributed by atoms with E-state index in [-0.39, 0.29) is 28.6 Å². The zero-order chi connectivity index (χ0) is 23.9. The van der Waals surface area contributed by atoms with E-state index in [1.54, 1.807) is 20.8 Å². The third kappa shape index (κ3) is 8.14. The van der Waals surface area contributed by atoms with Gasteiger partial charge in [-0.15, -0.1) is 0 Å². The van der Waals surface area contributed by atoms with Crippen molar-refractivity contribution in [3.8, 4) is 5.75 Å². The van der Waals surface area contributed by atoms with Gasteiger partial charge in [0.05, 0.1) is 17.1 Å². The van der Waals surface area contributed by atoms with Crippen molar-refractivity contribution in [2.45, 2.75) is 38.1 Å². The zero-order valence-corrected chi connectivity index (χ0v) is 20.0. The summed E-state index contributed by atoms with van der Waals surface area (Å²) in [5.74, 6) is -0.664. The van der Waals surface area contributed by atoms with E-state index in [0.29, 0.717) is 5.75 Å². The fraction of sp³-hybridized carbons (Fsp3) is 0.364. The van der Waals surface area contributed by atoms with Crippen molar-refractivity contribution in [3.05, 3.63) is 58.6 Å². The molecule has 0 atom stereocenters. The van der Waals surface area contributed by atoms with Crippen molar-refractivity contribution in [2.75, 3.05) is 19.8 Å². The maximum Gasteiger partial charge on any atom is 0.338 e. The Labute approximate surface area is 193 Å². The van der Waals surface area contributed by atoms with Crippen molar-refractivity contribution in [1.29, 1.82) is 0 Å². The summed E-state index contributed by atoms with van der Waals surface area (Å²) in [6.07, 6.45) is 0. The predicted octanol–water partition coefficient (Wildman–Crippen LogP) is 3.08. The van der Waals surface area contributed by atoms with Crippen LogP contribution < -0.4 is 14.8 Å². The van der Waals surface area contributed by atoms with Crippen LogP contribution in [0.15, 0.2) is 47.4 Å².